The fraction of sp³-hybridized carbons (Fsp3) is 0.400. The fourth-order valence-electron chi connectivity index (χ4n) is 3.05. The number of aliphatic hydroxyl groups excluding tert-OH is 2. The summed E-state index contributed by atoms with van der Waals surface area (Å²) in [5.41, 5.74) is 3.10. The Balaban J connectivity index is 2.32. The largest absolute Gasteiger partial charge is 0.508 e. The zero-order valence-electron chi connectivity index (χ0n) is 14.6. The number of aliphatic hydroxyl groups is 2. The highest BCUT2D eigenvalue weighted by atomic mass is 16.3. The normalized spacial score (nSPS) is 13.0. The van der Waals surface area contributed by atoms with E-state index in [1.807, 2.05) is 18.2 Å². The van der Waals surface area contributed by atoms with E-state index >= 15 is 0 Å². The molecule has 0 bridgehead atoms. The van der Waals surface area contributed by atoms with Crippen molar-refractivity contribution in [3.05, 3.63) is 64.7 Å². The molecule has 0 aliphatic heterocycles. The lowest BCUT2D eigenvalue weighted by Gasteiger charge is -2.33. The van der Waals surface area contributed by atoms with Crippen LogP contribution in [0.4, 0.5) is 0 Å². The van der Waals surface area contributed by atoms with Crippen molar-refractivity contribution in [3.8, 4) is 5.75 Å². The van der Waals surface area contributed by atoms with Crippen molar-refractivity contribution in [3.63, 3.8) is 0 Å². The van der Waals surface area contributed by atoms with E-state index in [2.05, 4.69) is 38.2 Å². The highest BCUT2D eigenvalue weighted by molar-refractivity contribution is 5.44. The highest BCUT2D eigenvalue weighted by Crippen LogP contribution is 2.34. The molecule has 0 saturated heterocycles. The second-order valence-corrected chi connectivity index (χ2v) is 7.11. The molecule has 4 heteroatoms. The quantitative estimate of drug-likeness (QED) is 0.656. The number of hydrogen-bond donors (Lipinski definition) is 4. The van der Waals surface area contributed by atoms with Gasteiger partial charge in [-0.1, -0.05) is 57.2 Å². The van der Waals surface area contributed by atoms with Gasteiger partial charge in [0.25, 0.3) is 0 Å². The summed E-state index contributed by atoms with van der Waals surface area (Å²) in [7, 11) is 0. The molecule has 0 saturated carbocycles. The average Bonchev–Trinajstić information content (AvgIpc) is 2.55. The Bertz CT molecular complexity index is 663. The van der Waals surface area contributed by atoms with Crippen LogP contribution in [0.1, 0.15) is 49.1 Å². The van der Waals surface area contributed by atoms with Gasteiger partial charge in [0.2, 0.25) is 0 Å². The molecular weight excluding hydrogens is 302 g/mol. The lowest BCUT2D eigenvalue weighted by atomic mass is 9.82. The molecule has 4 nitrogen and oxygen atoms in total. The summed E-state index contributed by atoms with van der Waals surface area (Å²) in [5, 5.41) is 32.7. The van der Waals surface area contributed by atoms with Crippen LogP contribution >= 0.6 is 0 Å². The van der Waals surface area contributed by atoms with E-state index in [9.17, 15) is 15.3 Å². The van der Waals surface area contributed by atoms with Gasteiger partial charge in [-0.05, 0) is 28.2 Å². The van der Waals surface area contributed by atoms with Crippen molar-refractivity contribution >= 4 is 0 Å². The van der Waals surface area contributed by atoms with Gasteiger partial charge in [-0.2, -0.15) is 0 Å². The van der Waals surface area contributed by atoms with Crippen LogP contribution in [0, 0.1) is 5.41 Å². The van der Waals surface area contributed by atoms with Gasteiger partial charge in [-0.3, -0.25) is 0 Å². The van der Waals surface area contributed by atoms with Crippen LogP contribution in [0.5, 0.6) is 5.75 Å². The summed E-state index contributed by atoms with van der Waals surface area (Å²) in [5.74, 6) is 0.0542. The third-order valence-corrected chi connectivity index (χ3v) is 4.31. The van der Waals surface area contributed by atoms with Crippen molar-refractivity contribution in [1.29, 1.82) is 0 Å². The van der Waals surface area contributed by atoms with Gasteiger partial charge < -0.3 is 20.6 Å². The van der Waals surface area contributed by atoms with Gasteiger partial charge in [0.1, 0.15) is 5.75 Å². The van der Waals surface area contributed by atoms with Gasteiger partial charge in [0, 0.05) is 18.2 Å². The zero-order valence-corrected chi connectivity index (χ0v) is 14.6. The predicted octanol–water partition coefficient (Wildman–Crippen LogP) is 3.25. The molecule has 0 fully saturated rings. The topological polar surface area (TPSA) is 72.7 Å². The van der Waals surface area contributed by atoms with Crippen molar-refractivity contribution in [2.75, 3.05) is 0 Å². The second kappa shape index (κ2) is 7.79. The molecule has 0 radical (unpaired) electrons. The molecule has 2 aromatic rings. The predicted molar refractivity (Wildman–Crippen MR) is 95.4 cm³/mol. The molecule has 130 valence electrons. The fourth-order valence-corrected chi connectivity index (χ4v) is 3.05. The maximum atomic E-state index is 9.98. The van der Waals surface area contributed by atoms with Crippen LogP contribution in [-0.4, -0.2) is 15.3 Å². The smallest absolute Gasteiger partial charge is 0.121 e. The second-order valence-electron chi connectivity index (χ2n) is 7.11. The number of rotatable bonds is 6. The molecule has 0 amide bonds. The average molecular weight is 329 g/mol. The van der Waals surface area contributed by atoms with E-state index in [-0.39, 0.29) is 30.4 Å². The lowest BCUT2D eigenvalue weighted by molar-refractivity contribution is 0.257. The van der Waals surface area contributed by atoms with Crippen LogP contribution in [-0.2, 0) is 19.8 Å². The first-order valence-corrected chi connectivity index (χ1v) is 8.21. The van der Waals surface area contributed by atoms with Gasteiger partial charge >= 0.3 is 0 Å². The van der Waals surface area contributed by atoms with Gasteiger partial charge in [0.15, 0.2) is 0 Å². The first-order chi connectivity index (χ1) is 11.4. The highest BCUT2D eigenvalue weighted by Gasteiger charge is 2.26. The van der Waals surface area contributed by atoms with Gasteiger partial charge in [-0.25, -0.2) is 0 Å². The van der Waals surface area contributed by atoms with E-state index in [0.717, 1.165) is 5.56 Å². The first kappa shape index (κ1) is 18.5. The Morgan fingerprint density at radius 2 is 1.58 bits per heavy atom. The number of hydrogen-bond acceptors (Lipinski definition) is 4. The Kier molecular flexibility index (Phi) is 5.99. The van der Waals surface area contributed by atoms with Crippen molar-refractivity contribution in [1.82, 2.24) is 5.32 Å². The molecule has 0 spiro atoms. The molecule has 0 aliphatic carbocycles. The van der Waals surface area contributed by atoms with Crippen molar-refractivity contribution < 1.29 is 15.3 Å². The van der Waals surface area contributed by atoms with E-state index in [4.69, 9.17) is 0 Å². The van der Waals surface area contributed by atoms with E-state index in [1.54, 1.807) is 6.07 Å². The summed E-state index contributed by atoms with van der Waals surface area (Å²) in [6.07, 6.45) is 0. The Labute approximate surface area is 143 Å². The Morgan fingerprint density at radius 3 is 2.12 bits per heavy atom. The molecule has 1 atom stereocenters. The minimum absolute atomic E-state index is 0.0169. The maximum absolute atomic E-state index is 9.98. The van der Waals surface area contributed by atoms with Crippen LogP contribution in [0.3, 0.4) is 0 Å². The van der Waals surface area contributed by atoms with Crippen LogP contribution in [0.25, 0.3) is 0 Å². The summed E-state index contributed by atoms with van der Waals surface area (Å²) < 4.78 is 0. The van der Waals surface area contributed by atoms with Crippen molar-refractivity contribution in [2.24, 2.45) is 5.41 Å². The molecule has 2 rings (SSSR count). The third kappa shape index (κ3) is 4.15. The van der Waals surface area contributed by atoms with E-state index < -0.39 is 0 Å². The lowest BCUT2D eigenvalue weighted by Crippen LogP contribution is -2.32. The molecule has 4 N–H and O–H groups in total. The standard InChI is InChI=1S/C20H27NO3/c1-20(2,3)19(14-7-5-4-6-8-14)21-11-16-15(12-22)9-10-18(24)17(16)13-23/h4-10,19,21-24H,11-13H2,1-3H3. The van der Waals surface area contributed by atoms with E-state index in [0.29, 0.717) is 17.7 Å². The molecule has 2 aromatic carbocycles. The summed E-state index contributed by atoms with van der Waals surface area (Å²) in [4.78, 5) is 0. The molecule has 0 heterocycles. The molecule has 0 aliphatic rings. The SMILES string of the molecule is CC(C)(C)C(NCc1c(CO)ccc(O)c1CO)c1ccccc1. The van der Waals surface area contributed by atoms with Crippen molar-refractivity contribution in [2.45, 2.75) is 46.6 Å². The zero-order chi connectivity index (χ0) is 17.7. The Morgan fingerprint density at radius 1 is 0.917 bits per heavy atom. The minimum Gasteiger partial charge on any atom is -0.508 e. The van der Waals surface area contributed by atoms with E-state index in [1.165, 1.54) is 11.6 Å². The van der Waals surface area contributed by atoms with Crippen LogP contribution in [0.15, 0.2) is 42.5 Å². The number of aromatic hydroxyl groups is 1. The number of nitrogens with one attached hydrogen (secondary N) is 1. The van der Waals surface area contributed by atoms with Crippen LogP contribution < -0.4 is 5.32 Å². The van der Waals surface area contributed by atoms with Crippen LogP contribution in [0.2, 0.25) is 0 Å². The summed E-state index contributed by atoms with van der Waals surface area (Å²) in [6, 6.07) is 13.5. The molecule has 0 aromatic heterocycles. The van der Waals surface area contributed by atoms with Gasteiger partial charge in [-0.15, -0.1) is 0 Å². The number of phenols is 1. The maximum Gasteiger partial charge on any atom is 0.121 e. The molecular formula is C20H27NO3. The minimum atomic E-state index is -0.262. The summed E-state index contributed by atoms with van der Waals surface area (Å²) in [6.45, 7) is 6.56. The van der Waals surface area contributed by atoms with Gasteiger partial charge in [0.05, 0.1) is 13.2 Å². The molecule has 1 unspecified atom stereocenters. The summed E-state index contributed by atoms with van der Waals surface area (Å²) >= 11 is 0. The first-order valence-electron chi connectivity index (χ1n) is 8.21. The number of benzene rings is 2. The molecule has 24 heavy (non-hydrogen) atoms. The third-order valence-electron chi connectivity index (χ3n) is 4.31. The Hall–Kier alpha value is -1.88. The monoisotopic (exact) mass is 329 g/mol.